The molecule has 0 spiro atoms. The maximum atomic E-state index is 12.5. The molecule has 0 amide bonds. The molecule has 0 N–H and O–H groups in total. The summed E-state index contributed by atoms with van der Waals surface area (Å²) in [5.41, 5.74) is 3.40. The number of nitriles is 1. The summed E-state index contributed by atoms with van der Waals surface area (Å²) in [6.07, 6.45) is 4.33. The lowest BCUT2D eigenvalue weighted by Crippen LogP contribution is -2.25. The van der Waals surface area contributed by atoms with Crippen molar-refractivity contribution in [3.05, 3.63) is 71.4 Å². The summed E-state index contributed by atoms with van der Waals surface area (Å²) >= 11 is 0. The van der Waals surface area contributed by atoms with Crippen molar-refractivity contribution in [2.45, 2.75) is 19.3 Å². The Hall–Kier alpha value is -4.05. The van der Waals surface area contributed by atoms with Crippen LogP contribution < -0.4 is 14.4 Å². The smallest absolute Gasteiger partial charge is 0.331 e. The predicted octanol–water partition coefficient (Wildman–Crippen LogP) is 4.03. The summed E-state index contributed by atoms with van der Waals surface area (Å²) in [5.74, 6) is -0.0563. The van der Waals surface area contributed by atoms with Gasteiger partial charge in [-0.1, -0.05) is 38.1 Å². The third-order valence-corrected chi connectivity index (χ3v) is 5.49. The number of allylic oxidation sites excluding steroid dienone is 1. The molecule has 0 aromatic heterocycles. The van der Waals surface area contributed by atoms with Crippen LogP contribution in [0.5, 0.6) is 11.5 Å². The highest BCUT2D eigenvalue weighted by atomic mass is 16.5. The monoisotopic (exact) mass is 446 g/mol. The first-order valence-electron chi connectivity index (χ1n) is 10.4. The van der Waals surface area contributed by atoms with Gasteiger partial charge in [-0.05, 0) is 35.4 Å². The molecule has 2 aromatic carbocycles. The normalized spacial score (nSPS) is 15.2. The number of ketones is 1. The average molecular weight is 447 g/mol. The number of methoxy groups -OCH3 is 1. The van der Waals surface area contributed by atoms with Crippen molar-refractivity contribution in [3.8, 4) is 17.6 Å². The molecule has 1 aliphatic heterocycles. The van der Waals surface area contributed by atoms with E-state index in [1.54, 1.807) is 30.4 Å². The van der Waals surface area contributed by atoms with Crippen LogP contribution in [0.4, 0.5) is 5.69 Å². The molecule has 170 valence electrons. The third-order valence-electron chi connectivity index (χ3n) is 5.49. The minimum Gasteiger partial charge on any atom is -0.493 e. The standard InChI is InChI=1S/C26H26N2O5/c1-26(2)20-7-5-6-8-21(20)28(3)24(26)16-19(29)17-33-25(30)12-10-18-9-11-22(32-14-13-27)23(15-18)31-4/h5-12,15-16H,14,17H2,1-4H3/b12-10+,24-16+. The van der Waals surface area contributed by atoms with E-state index in [1.807, 2.05) is 36.2 Å². The first kappa shape index (κ1) is 23.6. The lowest BCUT2D eigenvalue weighted by atomic mass is 9.83. The first-order valence-corrected chi connectivity index (χ1v) is 10.4. The summed E-state index contributed by atoms with van der Waals surface area (Å²) < 4.78 is 15.6. The second kappa shape index (κ2) is 10.0. The fraction of sp³-hybridized carbons (Fsp3) is 0.269. The molecule has 0 fully saturated rings. The summed E-state index contributed by atoms with van der Waals surface area (Å²) in [4.78, 5) is 26.6. The van der Waals surface area contributed by atoms with Gasteiger partial charge in [-0.15, -0.1) is 0 Å². The van der Waals surface area contributed by atoms with E-state index in [4.69, 9.17) is 19.5 Å². The van der Waals surface area contributed by atoms with E-state index in [1.165, 1.54) is 13.2 Å². The van der Waals surface area contributed by atoms with E-state index in [-0.39, 0.29) is 24.4 Å². The molecule has 0 bridgehead atoms. The lowest BCUT2D eigenvalue weighted by molar-refractivity contribution is -0.141. The number of ether oxygens (including phenoxy) is 3. The van der Waals surface area contributed by atoms with Crippen molar-refractivity contribution in [2.75, 3.05) is 32.3 Å². The Morgan fingerprint density at radius 2 is 1.91 bits per heavy atom. The number of rotatable bonds is 8. The van der Waals surface area contributed by atoms with Crippen LogP contribution in [0.2, 0.25) is 0 Å². The van der Waals surface area contributed by atoms with Gasteiger partial charge in [0.2, 0.25) is 0 Å². The number of hydrogen-bond donors (Lipinski definition) is 0. The summed E-state index contributed by atoms with van der Waals surface area (Å²) in [7, 11) is 3.41. The van der Waals surface area contributed by atoms with Crippen LogP contribution in [-0.2, 0) is 19.7 Å². The van der Waals surface area contributed by atoms with Crippen molar-refractivity contribution in [2.24, 2.45) is 0 Å². The molecular formula is C26H26N2O5. The van der Waals surface area contributed by atoms with E-state index in [0.29, 0.717) is 17.1 Å². The molecule has 1 heterocycles. The number of hydrogen-bond acceptors (Lipinski definition) is 7. The Morgan fingerprint density at radius 3 is 2.61 bits per heavy atom. The molecule has 0 aliphatic carbocycles. The molecule has 2 aromatic rings. The van der Waals surface area contributed by atoms with Crippen LogP contribution in [0.1, 0.15) is 25.0 Å². The number of likely N-dealkylation sites (N-methyl/N-ethyl adjacent to an activating group) is 1. The minimum atomic E-state index is -0.632. The molecule has 1 aliphatic rings. The largest absolute Gasteiger partial charge is 0.493 e. The highest BCUT2D eigenvalue weighted by Crippen LogP contribution is 2.46. The molecule has 7 heteroatoms. The third kappa shape index (κ3) is 5.24. The molecule has 0 saturated heterocycles. The van der Waals surface area contributed by atoms with Crippen LogP contribution >= 0.6 is 0 Å². The number of benzene rings is 2. The Kier molecular flexibility index (Phi) is 7.19. The summed E-state index contributed by atoms with van der Waals surface area (Å²) in [6, 6.07) is 14.9. The van der Waals surface area contributed by atoms with E-state index in [9.17, 15) is 9.59 Å². The number of anilines is 1. The van der Waals surface area contributed by atoms with Crippen LogP contribution in [0.15, 0.2) is 60.3 Å². The number of carbonyl (C=O) groups excluding carboxylic acids is 2. The topological polar surface area (TPSA) is 88.9 Å². The van der Waals surface area contributed by atoms with E-state index >= 15 is 0 Å². The van der Waals surface area contributed by atoms with Gasteiger partial charge in [0.15, 0.2) is 30.5 Å². The van der Waals surface area contributed by atoms with Gasteiger partial charge < -0.3 is 19.1 Å². The average Bonchev–Trinajstić information content (AvgIpc) is 3.01. The highest BCUT2D eigenvalue weighted by Gasteiger charge is 2.38. The van der Waals surface area contributed by atoms with Gasteiger partial charge in [0.25, 0.3) is 0 Å². The van der Waals surface area contributed by atoms with Crippen molar-refractivity contribution >= 4 is 23.5 Å². The molecule has 3 rings (SSSR count). The van der Waals surface area contributed by atoms with Gasteiger partial charge in [-0.2, -0.15) is 5.26 Å². The minimum absolute atomic E-state index is 0.0961. The highest BCUT2D eigenvalue weighted by molar-refractivity contribution is 5.96. The Labute approximate surface area is 193 Å². The second-order valence-electron chi connectivity index (χ2n) is 8.00. The lowest BCUT2D eigenvalue weighted by Gasteiger charge is -2.23. The van der Waals surface area contributed by atoms with Crippen molar-refractivity contribution < 1.29 is 23.8 Å². The summed E-state index contributed by atoms with van der Waals surface area (Å²) in [5, 5.41) is 8.63. The Morgan fingerprint density at radius 1 is 1.15 bits per heavy atom. The number of nitrogens with zero attached hydrogens (tertiary/aromatic N) is 2. The van der Waals surface area contributed by atoms with Crippen molar-refractivity contribution in [1.82, 2.24) is 0 Å². The maximum absolute atomic E-state index is 12.5. The van der Waals surface area contributed by atoms with E-state index in [0.717, 1.165) is 16.9 Å². The maximum Gasteiger partial charge on any atom is 0.331 e. The van der Waals surface area contributed by atoms with Crippen molar-refractivity contribution in [3.63, 3.8) is 0 Å². The zero-order chi connectivity index (χ0) is 24.0. The number of para-hydroxylation sites is 1. The van der Waals surface area contributed by atoms with E-state index in [2.05, 4.69) is 19.9 Å². The number of fused-ring (bicyclic) bond motifs is 1. The van der Waals surface area contributed by atoms with Gasteiger partial charge in [-0.3, -0.25) is 4.79 Å². The quantitative estimate of drug-likeness (QED) is 0.447. The molecule has 33 heavy (non-hydrogen) atoms. The van der Waals surface area contributed by atoms with Gasteiger partial charge >= 0.3 is 5.97 Å². The molecule has 0 atom stereocenters. The van der Waals surface area contributed by atoms with Gasteiger partial charge in [0.1, 0.15) is 6.07 Å². The van der Waals surface area contributed by atoms with Crippen LogP contribution in [0.25, 0.3) is 6.08 Å². The summed E-state index contributed by atoms with van der Waals surface area (Å²) in [6.45, 7) is 3.68. The predicted molar refractivity (Wildman–Crippen MR) is 125 cm³/mol. The second-order valence-corrected chi connectivity index (χ2v) is 8.00. The van der Waals surface area contributed by atoms with Crippen LogP contribution in [0.3, 0.4) is 0 Å². The van der Waals surface area contributed by atoms with Gasteiger partial charge in [0.05, 0.1) is 7.11 Å². The number of esters is 1. The van der Waals surface area contributed by atoms with Gasteiger partial charge in [0, 0.05) is 36.0 Å². The molecular weight excluding hydrogens is 420 g/mol. The van der Waals surface area contributed by atoms with Crippen LogP contribution in [-0.4, -0.2) is 39.1 Å². The molecule has 0 saturated carbocycles. The fourth-order valence-electron chi connectivity index (χ4n) is 3.82. The Bertz CT molecular complexity index is 1160. The van der Waals surface area contributed by atoms with Gasteiger partial charge in [-0.25, -0.2) is 4.79 Å². The Balaban J connectivity index is 1.61. The molecule has 7 nitrogen and oxygen atoms in total. The van der Waals surface area contributed by atoms with Crippen LogP contribution in [0, 0.1) is 11.3 Å². The fourth-order valence-corrected chi connectivity index (χ4v) is 3.82. The first-order chi connectivity index (χ1) is 15.8. The van der Waals surface area contributed by atoms with Crippen molar-refractivity contribution in [1.29, 1.82) is 5.26 Å². The zero-order valence-electron chi connectivity index (χ0n) is 19.1. The number of carbonyl (C=O) groups is 2. The van der Waals surface area contributed by atoms with E-state index < -0.39 is 5.97 Å². The SMILES string of the molecule is COc1cc(/C=C/C(=O)OCC(=O)/C=C2/N(C)c3ccccc3C2(C)C)ccc1OCC#N. The molecule has 0 radical (unpaired) electrons. The molecule has 0 unspecified atom stereocenters. The zero-order valence-corrected chi connectivity index (χ0v) is 19.1.